The highest BCUT2D eigenvalue weighted by Crippen LogP contribution is 2.48. The second-order valence-electron chi connectivity index (χ2n) is 27.5. The van der Waals surface area contributed by atoms with Gasteiger partial charge < -0.3 is 36.7 Å². The van der Waals surface area contributed by atoms with Crippen LogP contribution in [0.15, 0.2) is 48.6 Å². The number of fused-ring (bicyclic) bond motifs is 2. The van der Waals surface area contributed by atoms with Gasteiger partial charge in [-0.25, -0.2) is 0 Å². The number of rotatable bonds is 13. The van der Waals surface area contributed by atoms with Gasteiger partial charge in [0.1, 0.15) is 17.8 Å². The van der Waals surface area contributed by atoms with E-state index < -0.39 is 75.3 Å². The summed E-state index contributed by atoms with van der Waals surface area (Å²) in [6, 6.07) is 0. The highest BCUT2D eigenvalue weighted by atomic mass is 28.4. The number of carbonyl (C=O) groups excluding carboxylic acids is 3. The number of carbonyl (C=O) groups is 3. The molecule has 428 valence electrons. The monoisotopic (exact) mass is 1110 g/mol. The lowest BCUT2D eigenvalue weighted by Gasteiger charge is -2.52. The van der Waals surface area contributed by atoms with Crippen molar-refractivity contribution >= 4 is 51.0 Å². The van der Waals surface area contributed by atoms with Crippen molar-refractivity contribution in [1.82, 2.24) is 0 Å². The summed E-state index contributed by atoms with van der Waals surface area (Å²) < 4.78 is 55.0. The predicted molar refractivity (Wildman–Crippen MR) is 315 cm³/mol. The first-order valence-corrected chi connectivity index (χ1v) is 39.8. The quantitative estimate of drug-likeness (QED) is 0.129. The van der Waals surface area contributed by atoms with E-state index >= 15 is 0 Å². The third-order valence-corrected chi connectivity index (χ3v) is 35.5. The molecule has 2 aliphatic rings. The van der Waals surface area contributed by atoms with Gasteiger partial charge in [-0.1, -0.05) is 152 Å². The zero-order valence-corrected chi connectivity index (χ0v) is 55.5. The number of ether oxygens (including phenoxy) is 4. The molecular weight excluding hydrogens is 997 g/mol. The Balaban J connectivity index is 2.98. The molecule has 1 fully saturated rings. The van der Waals surface area contributed by atoms with E-state index in [-0.39, 0.29) is 69.3 Å². The van der Waals surface area contributed by atoms with Crippen molar-refractivity contribution in [3.63, 3.8) is 0 Å². The number of ketones is 1. The number of Topliss-reactive ketones (excluding diaryl/α,β-unsaturated/α-hetero) is 1. The van der Waals surface area contributed by atoms with E-state index in [1.165, 1.54) is 7.11 Å². The summed E-state index contributed by atoms with van der Waals surface area (Å²) in [6.45, 7) is 48.4. The number of cyclic esters (lactones) is 1. The van der Waals surface area contributed by atoms with E-state index in [4.69, 9.17) is 36.7 Å². The molecule has 0 aromatic carbocycles. The number of hydrogen-bond donors (Lipinski definition) is 0. The Morgan fingerprint density at radius 3 is 1.68 bits per heavy atom. The number of hydrogen-bond acceptors (Lipinski definition) is 11. The lowest BCUT2D eigenvalue weighted by Crippen LogP contribution is -2.60. The molecule has 11 nitrogen and oxygen atoms in total. The summed E-state index contributed by atoms with van der Waals surface area (Å²) in [5.41, 5.74) is 0. The number of methoxy groups -OCH3 is 2. The topological polar surface area (TPSA) is 125 Å². The van der Waals surface area contributed by atoms with Crippen molar-refractivity contribution in [2.45, 2.75) is 283 Å². The molecule has 9 atom stereocenters. The number of allylic oxidation sites excluding steroid dienone is 6. The predicted octanol–water partition coefficient (Wildman–Crippen LogP) is 15.7. The van der Waals surface area contributed by atoms with Crippen LogP contribution in [0.1, 0.15) is 168 Å². The van der Waals surface area contributed by atoms with Crippen LogP contribution in [0.2, 0.25) is 72.5 Å². The first kappa shape index (κ1) is 68.3. The summed E-state index contributed by atoms with van der Waals surface area (Å²) in [5.74, 6) is -3.25. The normalized spacial score (nSPS) is 29.7. The fourth-order valence-corrected chi connectivity index (χ4v) is 14.0. The minimum absolute atomic E-state index is 0.0429. The molecule has 0 aromatic rings. The van der Waals surface area contributed by atoms with Crippen LogP contribution >= 0.6 is 0 Å². The van der Waals surface area contributed by atoms with Crippen LogP contribution < -0.4 is 0 Å². The largest absolute Gasteiger partial charge is 0.469 e. The van der Waals surface area contributed by atoms with Crippen molar-refractivity contribution in [2.75, 3.05) is 14.2 Å². The van der Waals surface area contributed by atoms with Crippen molar-refractivity contribution < 1.29 is 51.0 Å². The van der Waals surface area contributed by atoms with Crippen molar-refractivity contribution in [3.05, 3.63) is 48.6 Å². The molecule has 0 aromatic heterocycles. The molecule has 2 aliphatic heterocycles. The average molecular weight is 1110 g/mol. The highest BCUT2D eigenvalue weighted by Gasteiger charge is 2.56. The molecule has 74 heavy (non-hydrogen) atoms. The maximum atomic E-state index is 14.5. The van der Waals surface area contributed by atoms with E-state index in [2.05, 4.69) is 148 Å². The summed E-state index contributed by atoms with van der Waals surface area (Å²) in [5, 5.41) is -0.511. The van der Waals surface area contributed by atoms with Gasteiger partial charge in [0.25, 0.3) is 0 Å². The molecule has 2 heterocycles. The van der Waals surface area contributed by atoms with Gasteiger partial charge in [-0.05, 0) is 98.2 Å². The molecule has 15 heteroatoms. The van der Waals surface area contributed by atoms with E-state index in [1.54, 1.807) is 7.11 Å². The first-order chi connectivity index (χ1) is 33.7. The molecule has 0 saturated carbocycles. The molecule has 0 radical (unpaired) electrons. The molecule has 1 saturated heterocycles. The minimum atomic E-state index is -2.52. The molecule has 0 unspecified atom stereocenters. The van der Waals surface area contributed by atoms with Crippen molar-refractivity contribution in [1.29, 1.82) is 0 Å². The maximum Gasteiger partial charge on any atom is 0.313 e. The van der Waals surface area contributed by atoms with Crippen LogP contribution in [0.5, 0.6) is 0 Å². The van der Waals surface area contributed by atoms with E-state index in [9.17, 15) is 14.4 Å². The molecule has 0 spiro atoms. The molecule has 2 rings (SSSR count). The lowest BCUT2D eigenvalue weighted by atomic mass is 9.82. The lowest BCUT2D eigenvalue weighted by molar-refractivity contribution is -0.308. The van der Waals surface area contributed by atoms with Crippen LogP contribution in [-0.2, 0) is 51.0 Å². The fraction of sp³-hybridized carbons (Fsp3) is 0.814. The summed E-state index contributed by atoms with van der Waals surface area (Å²) in [6.07, 6.45) is 18.1. The molecule has 0 amide bonds. The van der Waals surface area contributed by atoms with Crippen LogP contribution in [0.25, 0.3) is 0 Å². The minimum Gasteiger partial charge on any atom is -0.469 e. The van der Waals surface area contributed by atoms with Gasteiger partial charge in [0, 0.05) is 45.6 Å². The van der Waals surface area contributed by atoms with Crippen LogP contribution in [0, 0.1) is 11.8 Å². The molecular formula is C59H110O11Si4. The van der Waals surface area contributed by atoms with E-state index in [0.29, 0.717) is 38.5 Å². The highest BCUT2D eigenvalue weighted by molar-refractivity contribution is 6.75. The second kappa shape index (κ2) is 27.9. The molecule has 0 aliphatic carbocycles. The molecule has 0 N–H and O–H groups in total. The van der Waals surface area contributed by atoms with Crippen LogP contribution in [0.3, 0.4) is 0 Å². The van der Waals surface area contributed by atoms with Gasteiger partial charge in [-0.2, -0.15) is 0 Å². The third kappa shape index (κ3) is 20.1. The van der Waals surface area contributed by atoms with Crippen molar-refractivity contribution in [3.8, 4) is 0 Å². The van der Waals surface area contributed by atoms with Gasteiger partial charge in [0.05, 0.1) is 43.5 Å². The summed E-state index contributed by atoms with van der Waals surface area (Å²) in [7, 11) is -6.64. The zero-order chi connectivity index (χ0) is 56.9. The van der Waals surface area contributed by atoms with Gasteiger partial charge in [-0.3, -0.25) is 14.4 Å². The average Bonchev–Trinajstić information content (AvgIpc) is 3.23. The van der Waals surface area contributed by atoms with Gasteiger partial charge in [0.15, 0.2) is 39.1 Å². The first-order valence-electron chi connectivity index (χ1n) is 28.1. The third-order valence-electron chi connectivity index (χ3n) is 17.5. The molecule has 2 bridgehead atoms. The Morgan fingerprint density at radius 2 is 1.18 bits per heavy atom. The Labute approximate surface area is 457 Å². The standard InChI is InChI=1S/C59H110O11Si4/c1-25-35-45-37-32-30-28-27-29-31-33-38-46(67-71(17,18)55(3,4)5)41-50-52(54(62)63-15)51(70-74(23,24)58(12,13)14)43-59(64-16,66-50)42-47(68-72(19,20)56(6,7)8)39-34-36-44(60)40-49(48(26-2)53(61)65-45)69-73(21,22)57(9,10)11/h27-33,38,45-52H,25-26,34-37,39-43H2,1-24H3/b28-27+,31-29+,32-30+,38-33+/t45-,46+,47+,48+,49-,50+,51+,52+,59-/m1/s1. The summed E-state index contributed by atoms with van der Waals surface area (Å²) in [4.78, 5) is 43.1. The van der Waals surface area contributed by atoms with E-state index in [1.807, 2.05) is 49.5 Å². The van der Waals surface area contributed by atoms with Gasteiger partial charge in [-0.15, -0.1) is 0 Å². The van der Waals surface area contributed by atoms with E-state index in [0.717, 1.165) is 12.8 Å². The van der Waals surface area contributed by atoms with Crippen LogP contribution in [-0.4, -0.2) is 108 Å². The number of esters is 2. The van der Waals surface area contributed by atoms with Crippen LogP contribution in [0.4, 0.5) is 0 Å². The summed E-state index contributed by atoms with van der Waals surface area (Å²) >= 11 is 0. The SMILES string of the molecule is CCC[C@@H]1C/C=C/C=C/C=C/C=C/[C@H](O[Si](C)(C)C(C)(C)C)C[C@@H]2O[C@](OC)(C[C@@H](O[Si](C)(C)C(C)(C)C)CCCC(=O)C[C@@H](O[Si](C)(C)C(C)(C)C)[C@H](CC)C(=O)O1)C[C@H](O[Si](C)(C)C(C)(C)C)[C@H]2C(=O)OC. The smallest absolute Gasteiger partial charge is 0.313 e. The zero-order valence-electron chi connectivity index (χ0n) is 51.5. The van der Waals surface area contributed by atoms with Gasteiger partial charge >= 0.3 is 11.9 Å². The fourth-order valence-electron chi connectivity index (χ4n) is 8.62. The van der Waals surface area contributed by atoms with Gasteiger partial charge in [0.2, 0.25) is 0 Å². The maximum absolute atomic E-state index is 14.5. The van der Waals surface area contributed by atoms with Crippen molar-refractivity contribution in [2.24, 2.45) is 11.8 Å². The Bertz CT molecular complexity index is 1900. The Morgan fingerprint density at radius 1 is 0.676 bits per heavy atom. The second-order valence-corrected chi connectivity index (χ2v) is 46.6. The Hall–Kier alpha value is -1.80. The Kier molecular flexibility index (Phi) is 25.7.